The molecule has 2 N–H and O–H groups in total. The fourth-order valence-electron chi connectivity index (χ4n) is 2.59. The minimum Gasteiger partial charge on any atom is -0.486 e. The third kappa shape index (κ3) is 7.29. The number of thiazole rings is 1. The van der Waals surface area contributed by atoms with E-state index in [1.165, 1.54) is 11.3 Å². The molecule has 1 fully saturated rings. The van der Waals surface area contributed by atoms with Gasteiger partial charge in [0.05, 0.1) is 12.1 Å². The van der Waals surface area contributed by atoms with E-state index in [9.17, 15) is 4.79 Å². The molecule has 0 saturated carbocycles. The van der Waals surface area contributed by atoms with Crippen molar-refractivity contribution in [2.75, 3.05) is 13.1 Å². The molecule has 5 nitrogen and oxygen atoms in total. The van der Waals surface area contributed by atoms with E-state index in [1.807, 2.05) is 17.5 Å². The number of piperidine rings is 1. The fraction of sp³-hybridized carbons (Fsp3) is 0.412. The number of hydrogen-bond acceptors (Lipinski definition) is 5. The molecule has 9 heteroatoms. The van der Waals surface area contributed by atoms with Gasteiger partial charge in [0.2, 0.25) is 5.91 Å². The maximum Gasteiger partial charge on any atom is 0.226 e. The van der Waals surface area contributed by atoms with Crippen LogP contribution in [0.4, 0.5) is 0 Å². The number of nitrogens with zero attached hydrogens (tertiary/aromatic N) is 1. The van der Waals surface area contributed by atoms with Gasteiger partial charge in [0.1, 0.15) is 17.4 Å². The zero-order chi connectivity index (χ0) is 16.8. The van der Waals surface area contributed by atoms with Gasteiger partial charge in [-0.15, -0.1) is 36.2 Å². The molecule has 2 heterocycles. The molecular formula is C17H22Cl3N3O2S. The maximum atomic E-state index is 12.1. The highest BCUT2D eigenvalue weighted by Crippen LogP contribution is 2.18. The normalized spacial score (nSPS) is 16.1. The van der Waals surface area contributed by atoms with E-state index in [0.717, 1.165) is 42.4 Å². The van der Waals surface area contributed by atoms with Gasteiger partial charge in [-0.25, -0.2) is 4.98 Å². The molecule has 144 valence electrons. The molecule has 1 aromatic heterocycles. The van der Waals surface area contributed by atoms with Gasteiger partial charge < -0.3 is 15.4 Å². The number of ether oxygens (including phenoxy) is 1. The predicted molar refractivity (Wildman–Crippen MR) is 110 cm³/mol. The van der Waals surface area contributed by atoms with E-state index < -0.39 is 0 Å². The molecule has 1 aliphatic rings. The van der Waals surface area contributed by atoms with Gasteiger partial charge >= 0.3 is 0 Å². The number of amides is 1. The monoisotopic (exact) mass is 437 g/mol. The minimum absolute atomic E-state index is 0. The molecule has 1 amide bonds. The summed E-state index contributed by atoms with van der Waals surface area (Å²) < 4.78 is 5.67. The van der Waals surface area contributed by atoms with E-state index in [1.54, 1.807) is 12.1 Å². The summed E-state index contributed by atoms with van der Waals surface area (Å²) in [5, 5.41) is 9.80. The van der Waals surface area contributed by atoms with Crippen molar-refractivity contribution in [2.45, 2.75) is 31.9 Å². The van der Waals surface area contributed by atoms with Crippen molar-refractivity contribution in [1.82, 2.24) is 15.6 Å². The molecular weight excluding hydrogens is 417 g/mol. The minimum atomic E-state index is 0. The quantitative estimate of drug-likeness (QED) is 0.723. The van der Waals surface area contributed by atoms with Gasteiger partial charge in [-0.3, -0.25) is 4.79 Å². The average molecular weight is 439 g/mol. The lowest BCUT2D eigenvalue weighted by atomic mass is 10.1. The molecule has 3 rings (SSSR count). The number of carbonyl (C=O) groups is 1. The highest BCUT2D eigenvalue weighted by atomic mass is 35.5. The topological polar surface area (TPSA) is 63.2 Å². The lowest BCUT2D eigenvalue weighted by Gasteiger charge is -2.23. The Balaban J connectivity index is 0.00000169. The van der Waals surface area contributed by atoms with Crippen LogP contribution < -0.4 is 15.4 Å². The Morgan fingerprint density at radius 2 is 2.12 bits per heavy atom. The highest BCUT2D eigenvalue weighted by Gasteiger charge is 2.16. The van der Waals surface area contributed by atoms with E-state index in [2.05, 4.69) is 15.6 Å². The van der Waals surface area contributed by atoms with Crippen LogP contribution in [0.25, 0.3) is 0 Å². The van der Waals surface area contributed by atoms with Gasteiger partial charge in [0, 0.05) is 23.0 Å². The van der Waals surface area contributed by atoms with Gasteiger partial charge in [-0.1, -0.05) is 11.6 Å². The van der Waals surface area contributed by atoms with Gasteiger partial charge in [0.15, 0.2) is 0 Å². The first kappa shape index (κ1) is 23.0. The Hall–Kier alpha value is -1.05. The van der Waals surface area contributed by atoms with E-state index in [-0.39, 0.29) is 36.8 Å². The lowest BCUT2D eigenvalue weighted by molar-refractivity contribution is -0.121. The SMILES string of the molecule is Cl.Cl.O=C(Cc1csc(COc2ccc(Cl)cc2)n1)NC1CCCNC1. The molecule has 26 heavy (non-hydrogen) atoms. The number of halogens is 3. The largest absolute Gasteiger partial charge is 0.486 e. The Bertz CT molecular complexity index is 676. The van der Waals surface area contributed by atoms with Crippen LogP contribution in [0.2, 0.25) is 5.02 Å². The molecule has 2 aromatic rings. The number of rotatable bonds is 6. The Morgan fingerprint density at radius 1 is 1.35 bits per heavy atom. The van der Waals surface area contributed by atoms with Crippen molar-refractivity contribution in [3.8, 4) is 5.75 Å². The number of nitrogens with one attached hydrogen (secondary N) is 2. The third-order valence-electron chi connectivity index (χ3n) is 3.78. The average Bonchev–Trinajstić information content (AvgIpc) is 3.02. The molecule has 0 spiro atoms. The van der Waals surface area contributed by atoms with Crippen LogP contribution in [0.15, 0.2) is 29.6 Å². The van der Waals surface area contributed by atoms with Crippen LogP contribution in [0, 0.1) is 0 Å². The first-order valence-corrected chi connectivity index (χ1v) is 9.26. The second kappa shape index (κ2) is 11.6. The molecule has 1 unspecified atom stereocenters. The summed E-state index contributed by atoms with van der Waals surface area (Å²) in [4.78, 5) is 16.6. The van der Waals surface area contributed by atoms with Crippen LogP contribution in [0.1, 0.15) is 23.5 Å². The van der Waals surface area contributed by atoms with Crippen LogP contribution >= 0.6 is 47.8 Å². The standard InChI is InChI=1S/C17H20ClN3O2S.2ClH/c18-12-3-5-15(6-4-12)23-10-17-21-14(11-24-17)8-16(22)20-13-2-1-7-19-9-13;;/h3-6,11,13,19H,1-2,7-10H2,(H,20,22);2*1H. The zero-order valence-electron chi connectivity index (χ0n) is 14.1. The molecule has 0 aliphatic carbocycles. The molecule has 1 saturated heterocycles. The summed E-state index contributed by atoms with van der Waals surface area (Å²) in [6, 6.07) is 7.45. The second-order valence-electron chi connectivity index (χ2n) is 5.76. The molecule has 1 aliphatic heterocycles. The summed E-state index contributed by atoms with van der Waals surface area (Å²) in [5.41, 5.74) is 0.788. The third-order valence-corrected chi connectivity index (χ3v) is 4.90. The Labute approximate surface area is 174 Å². The van der Waals surface area contributed by atoms with Crippen molar-refractivity contribution in [2.24, 2.45) is 0 Å². The van der Waals surface area contributed by atoms with Gasteiger partial charge in [0.25, 0.3) is 0 Å². The lowest BCUT2D eigenvalue weighted by Crippen LogP contribution is -2.46. The van der Waals surface area contributed by atoms with Gasteiger partial charge in [-0.2, -0.15) is 0 Å². The van der Waals surface area contributed by atoms with Crippen molar-refractivity contribution in [3.63, 3.8) is 0 Å². The highest BCUT2D eigenvalue weighted by molar-refractivity contribution is 7.09. The number of benzene rings is 1. The van der Waals surface area contributed by atoms with E-state index in [4.69, 9.17) is 16.3 Å². The number of aromatic nitrogens is 1. The van der Waals surface area contributed by atoms with Crippen molar-refractivity contribution < 1.29 is 9.53 Å². The van der Waals surface area contributed by atoms with Gasteiger partial charge in [-0.05, 0) is 43.7 Å². The first-order valence-electron chi connectivity index (χ1n) is 8.01. The Morgan fingerprint density at radius 3 is 2.81 bits per heavy atom. The first-order chi connectivity index (χ1) is 11.7. The van der Waals surface area contributed by atoms with Crippen molar-refractivity contribution in [1.29, 1.82) is 0 Å². The summed E-state index contributed by atoms with van der Waals surface area (Å²) in [5.74, 6) is 0.776. The predicted octanol–water partition coefficient (Wildman–Crippen LogP) is 3.63. The molecule has 0 bridgehead atoms. The van der Waals surface area contributed by atoms with Crippen LogP contribution in [0.5, 0.6) is 5.75 Å². The van der Waals surface area contributed by atoms with E-state index >= 15 is 0 Å². The van der Waals surface area contributed by atoms with E-state index in [0.29, 0.717) is 18.1 Å². The van der Waals surface area contributed by atoms with Crippen molar-refractivity contribution in [3.05, 3.63) is 45.4 Å². The van der Waals surface area contributed by atoms with Crippen LogP contribution in [-0.2, 0) is 17.8 Å². The van der Waals surface area contributed by atoms with Crippen LogP contribution in [0.3, 0.4) is 0 Å². The number of carbonyl (C=O) groups excluding carboxylic acids is 1. The summed E-state index contributed by atoms with van der Waals surface area (Å²) >= 11 is 7.35. The zero-order valence-corrected chi connectivity index (χ0v) is 17.3. The molecule has 1 aromatic carbocycles. The van der Waals surface area contributed by atoms with Crippen LogP contribution in [-0.4, -0.2) is 30.0 Å². The maximum absolute atomic E-state index is 12.1. The smallest absolute Gasteiger partial charge is 0.226 e. The second-order valence-corrected chi connectivity index (χ2v) is 7.14. The Kier molecular flexibility index (Phi) is 10.3. The van der Waals surface area contributed by atoms with Crippen molar-refractivity contribution >= 4 is 53.7 Å². The summed E-state index contributed by atoms with van der Waals surface area (Å²) in [6.07, 6.45) is 2.46. The number of hydrogen-bond donors (Lipinski definition) is 2. The fourth-order valence-corrected chi connectivity index (χ4v) is 3.42. The molecule has 0 radical (unpaired) electrons. The summed E-state index contributed by atoms with van der Waals surface area (Å²) in [6.45, 7) is 2.28. The molecule has 1 atom stereocenters. The summed E-state index contributed by atoms with van der Waals surface area (Å²) in [7, 11) is 0.